The van der Waals surface area contributed by atoms with E-state index in [0.717, 1.165) is 29.3 Å². The van der Waals surface area contributed by atoms with Crippen molar-refractivity contribution in [1.82, 2.24) is 9.88 Å². The summed E-state index contributed by atoms with van der Waals surface area (Å²) in [7, 11) is 0. The van der Waals surface area contributed by atoms with Crippen LogP contribution in [0.2, 0.25) is 0 Å². The first-order valence-corrected chi connectivity index (χ1v) is 8.57. The molecule has 22 heavy (non-hydrogen) atoms. The third kappa shape index (κ3) is 2.76. The lowest BCUT2D eigenvalue weighted by Gasteiger charge is -2.43. The van der Waals surface area contributed by atoms with Gasteiger partial charge in [0, 0.05) is 30.2 Å². The Balaban J connectivity index is 1.75. The first-order valence-electron chi connectivity index (χ1n) is 7.78. The number of anilines is 1. The van der Waals surface area contributed by atoms with Crippen LogP contribution in [0.1, 0.15) is 38.2 Å². The molecule has 1 N–H and O–H groups in total. The van der Waals surface area contributed by atoms with Crippen molar-refractivity contribution in [3.05, 3.63) is 22.3 Å². The maximum absolute atomic E-state index is 12.6. The number of rotatable bonds is 2. The Bertz CT molecular complexity index is 609. The maximum Gasteiger partial charge on any atom is 0.232 e. The average Bonchev–Trinajstić information content (AvgIpc) is 2.50. The summed E-state index contributed by atoms with van der Waals surface area (Å²) in [5.74, 6) is 0.930. The summed E-state index contributed by atoms with van der Waals surface area (Å²) in [5, 5.41) is 2.94. The predicted molar refractivity (Wildman–Crippen MR) is 87.4 cm³/mol. The van der Waals surface area contributed by atoms with Crippen LogP contribution in [0.3, 0.4) is 0 Å². The van der Waals surface area contributed by atoms with Crippen molar-refractivity contribution in [3.63, 3.8) is 0 Å². The molecule has 0 unspecified atom stereocenters. The van der Waals surface area contributed by atoms with Crippen LogP contribution in [0.15, 0.2) is 16.7 Å². The zero-order chi connectivity index (χ0) is 15.7. The Labute approximate surface area is 138 Å². The molecule has 1 fully saturated rings. The molecule has 2 aliphatic rings. The van der Waals surface area contributed by atoms with Gasteiger partial charge in [0.25, 0.3) is 0 Å². The van der Waals surface area contributed by atoms with Crippen LogP contribution in [0, 0.1) is 5.41 Å². The molecule has 6 heteroatoms. The molecule has 2 aliphatic heterocycles. The SMILES string of the molecule is CCCC(=O)N1CCC2(CC1)Cc1cc(Br)cnc1NC2=O. The van der Waals surface area contributed by atoms with Crippen molar-refractivity contribution in [2.24, 2.45) is 5.41 Å². The predicted octanol–water partition coefficient (Wildman–Crippen LogP) is 2.75. The van der Waals surface area contributed by atoms with Crippen LogP contribution in [-0.2, 0) is 16.0 Å². The van der Waals surface area contributed by atoms with Crippen molar-refractivity contribution in [3.8, 4) is 0 Å². The number of amides is 2. The summed E-state index contributed by atoms with van der Waals surface area (Å²) < 4.78 is 0.924. The highest BCUT2D eigenvalue weighted by Crippen LogP contribution is 2.41. The van der Waals surface area contributed by atoms with Gasteiger partial charge in [0.15, 0.2) is 0 Å². The number of hydrogen-bond donors (Lipinski definition) is 1. The van der Waals surface area contributed by atoms with E-state index in [0.29, 0.717) is 31.7 Å². The molecule has 2 amide bonds. The number of carbonyl (C=O) groups is 2. The number of carbonyl (C=O) groups excluding carboxylic acids is 2. The van der Waals surface area contributed by atoms with Gasteiger partial charge in [-0.1, -0.05) is 6.92 Å². The minimum Gasteiger partial charge on any atom is -0.343 e. The molecule has 1 saturated heterocycles. The minimum atomic E-state index is -0.390. The zero-order valence-electron chi connectivity index (χ0n) is 12.7. The molecule has 1 aromatic heterocycles. The first-order chi connectivity index (χ1) is 10.5. The number of nitrogens with one attached hydrogen (secondary N) is 1. The quantitative estimate of drug-likeness (QED) is 0.876. The fraction of sp³-hybridized carbons (Fsp3) is 0.562. The van der Waals surface area contributed by atoms with E-state index in [1.165, 1.54) is 0 Å². The van der Waals surface area contributed by atoms with E-state index in [1.807, 2.05) is 17.9 Å². The molecule has 3 heterocycles. The third-order valence-corrected chi connectivity index (χ3v) is 5.15. The van der Waals surface area contributed by atoms with Crippen LogP contribution in [0.4, 0.5) is 5.82 Å². The Kier molecular flexibility index (Phi) is 4.21. The first kappa shape index (κ1) is 15.5. The lowest BCUT2D eigenvalue weighted by Crippen LogP contribution is -2.51. The van der Waals surface area contributed by atoms with Crippen LogP contribution < -0.4 is 5.32 Å². The zero-order valence-corrected chi connectivity index (χ0v) is 14.3. The lowest BCUT2D eigenvalue weighted by atomic mass is 9.71. The van der Waals surface area contributed by atoms with E-state index in [2.05, 4.69) is 26.2 Å². The second-order valence-corrected chi connectivity index (χ2v) is 7.12. The van der Waals surface area contributed by atoms with Crippen molar-refractivity contribution >= 4 is 33.6 Å². The van der Waals surface area contributed by atoms with Crippen LogP contribution in [0.5, 0.6) is 0 Å². The molecule has 0 saturated carbocycles. The van der Waals surface area contributed by atoms with E-state index < -0.39 is 5.41 Å². The molecule has 0 atom stereocenters. The smallest absolute Gasteiger partial charge is 0.232 e. The van der Waals surface area contributed by atoms with Crippen LogP contribution in [0.25, 0.3) is 0 Å². The topological polar surface area (TPSA) is 62.3 Å². The standard InChI is InChI=1S/C16H20BrN3O2/c1-2-3-13(21)20-6-4-16(5-7-20)9-11-8-12(17)10-18-14(11)19-15(16)22/h8,10H,2-7,9H2,1H3,(H,18,19,22). The fourth-order valence-corrected chi connectivity index (χ4v) is 3.75. The van der Waals surface area contributed by atoms with Gasteiger partial charge in [-0.25, -0.2) is 4.98 Å². The molecule has 5 nitrogen and oxygen atoms in total. The Morgan fingerprint density at radius 3 is 2.86 bits per heavy atom. The summed E-state index contributed by atoms with van der Waals surface area (Å²) in [6, 6.07) is 2.03. The van der Waals surface area contributed by atoms with Crippen LogP contribution >= 0.6 is 15.9 Å². The Morgan fingerprint density at radius 2 is 2.18 bits per heavy atom. The molecule has 1 spiro atoms. The third-order valence-electron chi connectivity index (χ3n) is 4.71. The number of likely N-dealkylation sites (tertiary alicyclic amines) is 1. The number of nitrogens with zero attached hydrogens (tertiary/aromatic N) is 2. The molecule has 0 radical (unpaired) electrons. The van der Waals surface area contributed by atoms with Crippen LogP contribution in [-0.4, -0.2) is 34.8 Å². The highest BCUT2D eigenvalue weighted by Gasteiger charge is 2.45. The van der Waals surface area contributed by atoms with Crippen molar-refractivity contribution in [2.75, 3.05) is 18.4 Å². The number of piperidine rings is 1. The number of hydrogen-bond acceptors (Lipinski definition) is 3. The summed E-state index contributed by atoms with van der Waals surface area (Å²) in [4.78, 5) is 30.7. The highest BCUT2D eigenvalue weighted by molar-refractivity contribution is 9.10. The number of aromatic nitrogens is 1. The fourth-order valence-electron chi connectivity index (χ4n) is 3.37. The molecule has 1 aromatic rings. The second-order valence-electron chi connectivity index (χ2n) is 6.20. The molecule has 0 aliphatic carbocycles. The van der Waals surface area contributed by atoms with Gasteiger partial charge in [-0.3, -0.25) is 9.59 Å². The normalized spacial score (nSPS) is 19.7. The molecule has 0 aromatic carbocycles. The Hall–Kier alpha value is -1.43. The van der Waals surface area contributed by atoms with E-state index in [4.69, 9.17) is 0 Å². The number of halogens is 1. The average molecular weight is 366 g/mol. The Morgan fingerprint density at radius 1 is 1.45 bits per heavy atom. The molecule has 3 rings (SSSR count). The minimum absolute atomic E-state index is 0.0532. The van der Waals surface area contributed by atoms with E-state index >= 15 is 0 Å². The lowest BCUT2D eigenvalue weighted by molar-refractivity contribution is -0.138. The highest BCUT2D eigenvalue weighted by atomic mass is 79.9. The summed E-state index contributed by atoms with van der Waals surface area (Å²) >= 11 is 3.44. The van der Waals surface area contributed by atoms with Gasteiger partial charge < -0.3 is 10.2 Å². The monoisotopic (exact) mass is 365 g/mol. The van der Waals surface area contributed by atoms with E-state index in [1.54, 1.807) is 6.20 Å². The second kappa shape index (κ2) is 5.99. The summed E-state index contributed by atoms with van der Waals surface area (Å²) in [5.41, 5.74) is 0.681. The molecule has 118 valence electrons. The molecular formula is C16H20BrN3O2. The van der Waals surface area contributed by atoms with E-state index in [9.17, 15) is 9.59 Å². The largest absolute Gasteiger partial charge is 0.343 e. The van der Waals surface area contributed by atoms with E-state index in [-0.39, 0.29) is 11.8 Å². The number of pyridine rings is 1. The van der Waals surface area contributed by atoms with Crippen molar-refractivity contribution in [2.45, 2.75) is 39.0 Å². The van der Waals surface area contributed by atoms with Gasteiger partial charge in [-0.05, 0) is 53.2 Å². The van der Waals surface area contributed by atoms with Gasteiger partial charge in [-0.2, -0.15) is 0 Å². The van der Waals surface area contributed by atoms with Gasteiger partial charge in [-0.15, -0.1) is 0 Å². The summed E-state index contributed by atoms with van der Waals surface area (Å²) in [6.45, 7) is 3.35. The molecule has 0 bridgehead atoms. The summed E-state index contributed by atoms with van der Waals surface area (Å²) in [6.07, 6.45) is 5.31. The van der Waals surface area contributed by atoms with Gasteiger partial charge in [0.05, 0.1) is 5.41 Å². The van der Waals surface area contributed by atoms with Gasteiger partial charge in [0.2, 0.25) is 11.8 Å². The van der Waals surface area contributed by atoms with Gasteiger partial charge in [0.1, 0.15) is 5.82 Å². The van der Waals surface area contributed by atoms with Crippen molar-refractivity contribution in [1.29, 1.82) is 0 Å². The van der Waals surface area contributed by atoms with Crippen molar-refractivity contribution < 1.29 is 9.59 Å². The van der Waals surface area contributed by atoms with Gasteiger partial charge >= 0.3 is 0 Å². The molecular weight excluding hydrogens is 346 g/mol. The maximum atomic E-state index is 12.6. The number of fused-ring (bicyclic) bond motifs is 1.